The van der Waals surface area contributed by atoms with Gasteiger partial charge in [0, 0.05) is 6.54 Å². The molecular formula is C17H24N2O4. The van der Waals surface area contributed by atoms with Gasteiger partial charge in [0.05, 0.1) is 6.61 Å². The van der Waals surface area contributed by atoms with Crippen molar-refractivity contribution in [3.8, 4) is 11.5 Å². The second-order valence-electron chi connectivity index (χ2n) is 5.52. The number of ether oxygens (including phenoxy) is 2. The molecule has 0 bridgehead atoms. The van der Waals surface area contributed by atoms with E-state index in [9.17, 15) is 9.59 Å². The molecule has 1 fully saturated rings. The summed E-state index contributed by atoms with van der Waals surface area (Å²) < 4.78 is 10.9. The number of nitrogens with one attached hydrogen (secondary N) is 2. The first-order chi connectivity index (χ1) is 11.2. The molecule has 126 valence electrons. The van der Waals surface area contributed by atoms with Gasteiger partial charge in [-0.05, 0) is 49.9 Å². The summed E-state index contributed by atoms with van der Waals surface area (Å²) in [4.78, 5) is 23.7. The Bertz CT molecular complexity index is 516. The summed E-state index contributed by atoms with van der Waals surface area (Å²) in [6, 6.07) is 6.68. The summed E-state index contributed by atoms with van der Waals surface area (Å²) in [6.45, 7) is 3.28. The van der Waals surface area contributed by atoms with E-state index >= 15 is 0 Å². The Kier molecular flexibility index (Phi) is 6.72. The first kappa shape index (κ1) is 17.1. The van der Waals surface area contributed by atoms with E-state index in [1.54, 1.807) is 12.1 Å². The van der Waals surface area contributed by atoms with Crippen LogP contribution in [0.1, 0.15) is 32.6 Å². The quantitative estimate of drug-likeness (QED) is 0.801. The third-order valence-corrected chi connectivity index (χ3v) is 3.54. The molecule has 0 spiro atoms. The maximum atomic E-state index is 11.9. The molecular weight excluding hydrogens is 296 g/mol. The summed E-state index contributed by atoms with van der Waals surface area (Å²) in [5.41, 5.74) is 0. The van der Waals surface area contributed by atoms with Crippen molar-refractivity contribution in [1.82, 2.24) is 10.6 Å². The number of hydrogen-bond acceptors (Lipinski definition) is 4. The smallest absolute Gasteiger partial charge is 0.258 e. The highest BCUT2D eigenvalue weighted by molar-refractivity contribution is 5.88. The summed E-state index contributed by atoms with van der Waals surface area (Å²) in [5, 5.41) is 5.51. The lowest BCUT2D eigenvalue weighted by Crippen LogP contribution is -2.46. The molecule has 1 unspecified atom stereocenters. The highest BCUT2D eigenvalue weighted by Crippen LogP contribution is 2.17. The number of amides is 2. The average Bonchev–Trinajstić information content (AvgIpc) is 2.77. The lowest BCUT2D eigenvalue weighted by Gasteiger charge is -2.15. The summed E-state index contributed by atoms with van der Waals surface area (Å²) >= 11 is 0. The SMILES string of the molecule is CCCOc1ccc(OCC(=O)NC2CCCCNC2=O)cc1. The Morgan fingerprint density at radius 1 is 1.22 bits per heavy atom. The zero-order valence-corrected chi connectivity index (χ0v) is 13.5. The molecule has 2 rings (SSSR count). The normalized spacial score (nSPS) is 17.8. The minimum atomic E-state index is -0.460. The Labute approximate surface area is 136 Å². The molecule has 1 aromatic rings. The summed E-state index contributed by atoms with van der Waals surface area (Å²) in [7, 11) is 0. The molecule has 2 amide bonds. The van der Waals surface area contributed by atoms with Crippen LogP contribution in [0.2, 0.25) is 0 Å². The van der Waals surface area contributed by atoms with Crippen molar-refractivity contribution in [3.63, 3.8) is 0 Å². The molecule has 1 saturated heterocycles. The first-order valence-electron chi connectivity index (χ1n) is 8.12. The van der Waals surface area contributed by atoms with Crippen molar-refractivity contribution in [2.45, 2.75) is 38.6 Å². The molecule has 0 radical (unpaired) electrons. The fourth-order valence-corrected chi connectivity index (χ4v) is 2.31. The molecule has 6 nitrogen and oxygen atoms in total. The van der Waals surface area contributed by atoms with Crippen molar-refractivity contribution < 1.29 is 19.1 Å². The summed E-state index contributed by atoms with van der Waals surface area (Å²) in [6.07, 6.45) is 3.49. The van der Waals surface area contributed by atoms with Gasteiger partial charge >= 0.3 is 0 Å². The maximum Gasteiger partial charge on any atom is 0.258 e. The molecule has 1 atom stereocenters. The number of carbonyl (C=O) groups is 2. The van der Waals surface area contributed by atoms with Crippen LogP contribution in [-0.4, -0.2) is 37.6 Å². The van der Waals surface area contributed by atoms with Gasteiger partial charge in [-0.2, -0.15) is 0 Å². The van der Waals surface area contributed by atoms with Gasteiger partial charge in [0.1, 0.15) is 17.5 Å². The van der Waals surface area contributed by atoms with Crippen molar-refractivity contribution in [1.29, 1.82) is 0 Å². The van der Waals surface area contributed by atoms with Gasteiger partial charge in [-0.1, -0.05) is 6.92 Å². The second-order valence-corrected chi connectivity index (χ2v) is 5.52. The zero-order valence-electron chi connectivity index (χ0n) is 13.5. The van der Waals surface area contributed by atoms with Gasteiger partial charge in [0.25, 0.3) is 5.91 Å². The van der Waals surface area contributed by atoms with E-state index < -0.39 is 6.04 Å². The van der Waals surface area contributed by atoms with Crippen molar-refractivity contribution >= 4 is 11.8 Å². The predicted octanol–water partition coefficient (Wildman–Crippen LogP) is 1.64. The molecule has 0 aromatic heterocycles. The van der Waals surface area contributed by atoms with E-state index in [1.807, 2.05) is 19.1 Å². The minimum absolute atomic E-state index is 0.112. The second kappa shape index (κ2) is 9.02. The Morgan fingerprint density at radius 3 is 2.61 bits per heavy atom. The van der Waals surface area contributed by atoms with Gasteiger partial charge in [0.2, 0.25) is 5.91 Å². The largest absolute Gasteiger partial charge is 0.494 e. The first-order valence-corrected chi connectivity index (χ1v) is 8.12. The van der Waals surface area contributed by atoms with E-state index in [-0.39, 0.29) is 18.4 Å². The van der Waals surface area contributed by atoms with Gasteiger partial charge in [-0.15, -0.1) is 0 Å². The molecule has 23 heavy (non-hydrogen) atoms. The lowest BCUT2D eigenvalue weighted by molar-refractivity contribution is -0.129. The van der Waals surface area contributed by atoms with E-state index in [2.05, 4.69) is 10.6 Å². The molecule has 1 aliphatic heterocycles. The van der Waals surface area contributed by atoms with Crippen LogP contribution in [-0.2, 0) is 9.59 Å². The highest BCUT2D eigenvalue weighted by Gasteiger charge is 2.22. The van der Waals surface area contributed by atoms with Gasteiger partial charge in [-0.25, -0.2) is 0 Å². The molecule has 0 aliphatic carbocycles. The molecule has 0 saturated carbocycles. The van der Waals surface area contributed by atoms with Crippen LogP contribution in [0.5, 0.6) is 11.5 Å². The van der Waals surface area contributed by atoms with E-state index in [4.69, 9.17) is 9.47 Å². The number of rotatable bonds is 7. The zero-order chi connectivity index (χ0) is 16.5. The van der Waals surface area contributed by atoms with Crippen molar-refractivity contribution in [3.05, 3.63) is 24.3 Å². The Morgan fingerprint density at radius 2 is 1.91 bits per heavy atom. The predicted molar refractivity (Wildman–Crippen MR) is 86.5 cm³/mol. The van der Waals surface area contributed by atoms with Crippen LogP contribution in [0.15, 0.2) is 24.3 Å². The monoisotopic (exact) mass is 320 g/mol. The van der Waals surface area contributed by atoms with Gasteiger partial charge in [-0.3, -0.25) is 9.59 Å². The van der Waals surface area contributed by atoms with Crippen LogP contribution in [0, 0.1) is 0 Å². The molecule has 1 aliphatic rings. The van der Waals surface area contributed by atoms with Crippen molar-refractivity contribution in [2.75, 3.05) is 19.8 Å². The minimum Gasteiger partial charge on any atom is -0.494 e. The number of carbonyl (C=O) groups excluding carboxylic acids is 2. The fraction of sp³-hybridized carbons (Fsp3) is 0.529. The molecule has 6 heteroatoms. The van der Waals surface area contributed by atoms with E-state index in [0.29, 0.717) is 25.3 Å². The third kappa shape index (κ3) is 5.81. The van der Waals surface area contributed by atoms with Crippen LogP contribution in [0.25, 0.3) is 0 Å². The van der Waals surface area contributed by atoms with Crippen LogP contribution >= 0.6 is 0 Å². The van der Waals surface area contributed by atoms with E-state index in [1.165, 1.54) is 0 Å². The average molecular weight is 320 g/mol. The molecule has 1 aromatic carbocycles. The maximum absolute atomic E-state index is 11.9. The van der Waals surface area contributed by atoms with Gasteiger partial charge < -0.3 is 20.1 Å². The highest BCUT2D eigenvalue weighted by atomic mass is 16.5. The topological polar surface area (TPSA) is 76.7 Å². The molecule has 1 heterocycles. The number of benzene rings is 1. The van der Waals surface area contributed by atoms with E-state index in [0.717, 1.165) is 25.0 Å². The van der Waals surface area contributed by atoms with Crippen LogP contribution < -0.4 is 20.1 Å². The van der Waals surface area contributed by atoms with Crippen LogP contribution in [0.3, 0.4) is 0 Å². The fourth-order valence-electron chi connectivity index (χ4n) is 2.31. The standard InChI is InChI=1S/C17H24N2O4/c1-2-11-22-13-6-8-14(9-7-13)23-12-16(20)19-15-5-3-4-10-18-17(15)21/h6-9,15H,2-5,10-12H2,1H3,(H,18,21)(H,19,20). The summed E-state index contributed by atoms with van der Waals surface area (Å²) in [5.74, 6) is 0.958. The Hall–Kier alpha value is -2.24. The van der Waals surface area contributed by atoms with Crippen molar-refractivity contribution in [2.24, 2.45) is 0 Å². The number of hydrogen-bond donors (Lipinski definition) is 2. The molecule has 2 N–H and O–H groups in total. The van der Waals surface area contributed by atoms with Gasteiger partial charge in [0.15, 0.2) is 6.61 Å². The van der Waals surface area contributed by atoms with Crippen LogP contribution in [0.4, 0.5) is 0 Å². The lowest BCUT2D eigenvalue weighted by atomic mass is 10.1. The third-order valence-electron chi connectivity index (χ3n) is 3.54. The Balaban J connectivity index is 1.76.